The maximum atomic E-state index is 12.5. The van der Waals surface area contributed by atoms with Crippen molar-refractivity contribution in [3.63, 3.8) is 0 Å². The molecular formula is C17H28N2O. The minimum absolute atomic E-state index is 0.164. The second kappa shape index (κ2) is 4.46. The number of carbonyl (C=O) groups is 1. The number of rotatable bonds is 3. The molecule has 0 aromatic rings. The zero-order valence-electron chi connectivity index (χ0n) is 12.7. The number of hydrogen-bond acceptors (Lipinski definition) is 2. The second-order valence-corrected chi connectivity index (χ2v) is 8.59. The van der Waals surface area contributed by atoms with Gasteiger partial charge in [0.2, 0.25) is 5.91 Å². The van der Waals surface area contributed by atoms with Gasteiger partial charge in [-0.2, -0.15) is 0 Å². The Balaban J connectivity index is 1.41. The summed E-state index contributed by atoms with van der Waals surface area (Å²) in [4.78, 5) is 12.5. The van der Waals surface area contributed by atoms with Gasteiger partial charge in [0.15, 0.2) is 0 Å². The quantitative estimate of drug-likeness (QED) is 0.830. The Morgan fingerprint density at radius 3 is 2.25 bits per heavy atom. The minimum Gasteiger partial charge on any atom is -0.355 e. The van der Waals surface area contributed by atoms with Crippen LogP contribution in [0, 0.1) is 28.6 Å². The summed E-state index contributed by atoms with van der Waals surface area (Å²) < 4.78 is 0. The maximum Gasteiger partial charge on any atom is 0.227 e. The summed E-state index contributed by atoms with van der Waals surface area (Å²) >= 11 is 0. The normalized spacial score (nSPS) is 49.5. The van der Waals surface area contributed by atoms with Crippen LogP contribution in [0.25, 0.3) is 0 Å². The zero-order valence-corrected chi connectivity index (χ0v) is 12.7. The molecule has 20 heavy (non-hydrogen) atoms. The fourth-order valence-corrected chi connectivity index (χ4v) is 6.00. The second-order valence-electron chi connectivity index (χ2n) is 8.59. The Morgan fingerprint density at radius 2 is 1.75 bits per heavy atom. The fourth-order valence-electron chi connectivity index (χ4n) is 6.00. The summed E-state index contributed by atoms with van der Waals surface area (Å²) in [5, 5.41) is 6.67. The van der Waals surface area contributed by atoms with E-state index in [2.05, 4.69) is 17.6 Å². The van der Waals surface area contributed by atoms with E-state index in [1.807, 2.05) is 0 Å². The van der Waals surface area contributed by atoms with Crippen molar-refractivity contribution in [1.82, 2.24) is 10.6 Å². The van der Waals surface area contributed by atoms with Gasteiger partial charge in [-0.25, -0.2) is 0 Å². The van der Waals surface area contributed by atoms with Crippen LogP contribution in [0.15, 0.2) is 0 Å². The van der Waals surface area contributed by atoms with Crippen LogP contribution in [0.2, 0.25) is 0 Å². The lowest BCUT2D eigenvalue weighted by Crippen LogP contribution is -2.53. The molecule has 1 heterocycles. The molecule has 5 fully saturated rings. The van der Waals surface area contributed by atoms with Gasteiger partial charge >= 0.3 is 0 Å². The molecule has 1 unspecified atom stereocenters. The first-order valence-corrected chi connectivity index (χ1v) is 8.56. The van der Waals surface area contributed by atoms with Crippen LogP contribution in [0.3, 0.4) is 0 Å². The summed E-state index contributed by atoms with van der Waals surface area (Å²) in [6.07, 6.45) is 9.58. The smallest absolute Gasteiger partial charge is 0.227 e. The first-order valence-electron chi connectivity index (χ1n) is 8.56. The van der Waals surface area contributed by atoms with Crippen molar-refractivity contribution in [2.24, 2.45) is 28.6 Å². The fraction of sp³-hybridized carbons (Fsp3) is 0.941. The minimum atomic E-state index is -0.164. The summed E-state index contributed by atoms with van der Waals surface area (Å²) in [5.74, 6) is 3.21. The van der Waals surface area contributed by atoms with Crippen molar-refractivity contribution < 1.29 is 4.79 Å². The molecule has 0 spiro atoms. The van der Waals surface area contributed by atoms with Crippen molar-refractivity contribution in [2.45, 2.75) is 51.9 Å². The molecule has 3 nitrogen and oxygen atoms in total. The van der Waals surface area contributed by atoms with E-state index in [1.165, 1.54) is 38.5 Å². The molecule has 112 valence electrons. The van der Waals surface area contributed by atoms with Crippen LogP contribution in [0.4, 0.5) is 0 Å². The van der Waals surface area contributed by atoms with E-state index in [-0.39, 0.29) is 5.41 Å². The molecule has 2 N–H and O–H groups in total. The van der Waals surface area contributed by atoms with Crippen LogP contribution in [-0.4, -0.2) is 25.5 Å². The summed E-state index contributed by atoms with van der Waals surface area (Å²) in [5.41, 5.74) is 0.301. The van der Waals surface area contributed by atoms with Gasteiger partial charge in [-0.1, -0.05) is 0 Å². The third-order valence-corrected chi connectivity index (χ3v) is 6.71. The van der Waals surface area contributed by atoms with Crippen LogP contribution >= 0.6 is 0 Å². The van der Waals surface area contributed by atoms with Crippen molar-refractivity contribution in [3.05, 3.63) is 0 Å². The largest absolute Gasteiger partial charge is 0.355 e. The average molecular weight is 276 g/mol. The molecule has 0 radical (unpaired) electrons. The topological polar surface area (TPSA) is 41.1 Å². The molecule has 1 saturated heterocycles. The molecule has 0 aromatic carbocycles. The summed E-state index contributed by atoms with van der Waals surface area (Å²) in [6, 6.07) is 0. The van der Waals surface area contributed by atoms with E-state index in [0.717, 1.165) is 43.8 Å². The number of nitrogens with one attached hydrogen (secondary N) is 2. The monoisotopic (exact) mass is 276 g/mol. The van der Waals surface area contributed by atoms with Crippen molar-refractivity contribution in [1.29, 1.82) is 0 Å². The third kappa shape index (κ3) is 2.09. The van der Waals surface area contributed by atoms with Crippen molar-refractivity contribution >= 4 is 5.91 Å². The van der Waals surface area contributed by atoms with Crippen LogP contribution in [-0.2, 0) is 4.79 Å². The van der Waals surface area contributed by atoms with Crippen LogP contribution in [0.5, 0.6) is 0 Å². The number of hydrogen-bond donors (Lipinski definition) is 2. The highest BCUT2D eigenvalue weighted by Gasteiger charge is 2.51. The first kappa shape index (κ1) is 13.1. The van der Waals surface area contributed by atoms with Gasteiger partial charge in [0.1, 0.15) is 0 Å². The van der Waals surface area contributed by atoms with Crippen molar-refractivity contribution in [2.75, 3.05) is 19.6 Å². The van der Waals surface area contributed by atoms with Gasteiger partial charge in [0, 0.05) is 13.1 Å². The molecule has 0 aromatic heterocycles. The molecule has 4 aliphatic carbocycles. The van der Waals surface area contributed by atoms with Gasteiger partial charge < -0.3 is 10.6 Å². The molecular weight excluding hydrogens is 248 g/mol. The molecule has 3 heteroatoms. The molecule has 5 rings (SSSR count). The van der Waals surface area contributed by atoms with E-state index >= 15 is 0 Å². The predicted molar refractivity (Wildman–Crippen MR) is 79.2 cm³/mol. The summed E-state index contributed by atoms with van der Waals surface area (Å²) in [6.45, 7) is 4.90. The number of carbonyl (C=O) groups excluding carboxylic acids is 1. The predicted octanol–water partition coefficient (Wildman–Crippen LogP) is 2.32. The SMILES string of the molecule is CC1(C(=O)NCC23CC4CC(CC(C4)C2)C3)CCNC1. The lowest BCUT2D eigenvalue weighted by Gasteiger charge is -2.57. The molecule has 1 aliphatic heterocycles. The number of amides is 1. The Kier molecular flexibility index (Phi) is 2.93. The van der Waals surface area contributed by atoms with E-state index in [1.54, 1.807) is 0 Å². The highest BCUT2D eigenvalue weighted by atomic mass is 16.2. The first-order chi connectivity index (χ1) is 9.57. The Hall–Kier alpha value is -0.570. The van der Waals surface area contributed by atoms with Gasteiger partial charge in [-0.3, -0.25) is 4.79 Å². The van der Waals surface area contributed by atoms with Gasteiger partial charge in [-0.05, 0) is 81.6 Å². The zero-order chi connectivity index (χ0) is 13.8. The molecule has 1 atom stereocenters. The van der Waals surface area contributed by atoms with Gasteiger partial charge in [0.05, 0.1) is 5.41 Å². The van der Waals surface area contributed by atoms with Crippen molar-refractivity contribution in [3.8, 4) is 0 Å². The maximum absolute atomic E-state index is 12.5. The van der Waals surface area contributed by atoms with Gasteiger partial charge in [0.25, 0.3) is 0 Å². The van der Waals surface area contributed by atoms with E-state index in [9.17, 15) is 4.79 Å². The highest BCUT2D eigenvalue weighted by Crippen LogP contribution is 2.59. The Morgan fingerprint density at radius 1 is 1.15 bits per heavy atom. The Labute approximate surface area is 122 Å². The molecule has 4 saturated carbocycles. The van der Waals surface area contributed by atoms with Crippen LogP contribution in [0.1, 0.15) is 51.9 Å². The standard InChI is InChI=1S/C17H28N2O/c1-16(2-3-18-10-16)15(20)19-11-17-7-12-4-13(8-17)6-14(5-12)9-17/h12-14,18H,2-11H2,1H3,(H,19,20). The van der Waals surface area contributed by atoms with E-state index in [4.69, 9.17) is 0 Å². The average Bonchev–Trinajstić information content (AvgIpc) is 2.83. The van der Waals surface area contributed by atoms with E-state index in [0.29, 0.717) is 11.3 Å². The van der Waals surface area contributed by atoms with Gasteiger partial charge in [-0.15, -0.1) is 0 Å². The highest BCUT2D eigenvalue weighted by molar-refractivity contribution is 5.82. The lowest BCUT2D eigenvalue weighted by molar-refractivity contribution is -0.131. The lowest BCUT2D eigenvalue weighted by atomic mass is 9.49. The third-order valence-electron chi connectivity index (χ3n) is 6.71. The molecule has 5 aliphatic rings. The molecule has 4 bridgehead atoms. The van der Waals surface area contributed by atoms with E-state index < -0.39 is 0 Å². The molecule has 1 amide bonds. The van der Waals surface area contributed by atoms with Crippen LogP contribution < -0.4 is 10.6 Å². The summed E-state index contributed by atoms with van der Waals surface area (Å²) in [7, 11) is 0. The Bertz CT molecular complexity index is 376.